The molecule has 1 aromatic heterocycles. The number of carbonyl (C=O) groups is 1. The number of benzene rings is 2. The molecule has 0 saturated carbocycles. The van der Waals surface area contributed by atoms with Crippen LogP contribution in [0.15, 0.2) is 48.5 Å². The Bertz CT molecular complexity index is 889. The summed E-state index contributed by atoms with van der Waals surface area (Å²) in [7, 11) is 4.11. The molecule has 0 saturated heterocycles. The minimum absolute atomic E-state index is 0.106. The van der Waals surface area contributed by atoms with Gasteiger partial charge in [-0.15, -0.1) is 0 Å². The van der Waals surface area contributed by atoms with Gasteiger partial charge in [0, 0.05) is 6.54 Å². The fraction of sp³-hybridized carbons (Fsp3) is 0.364. The maximum Gasteiger partial charge on any atom is 0.233 e. The number of hydrogen-bond donors (Lipinski definition) is 0. The van der Waals surface area contributed by atoms with E-state index >= 15 is 0 Å². The van der Waals surface area contributed by atoms with E-state index in [0.717, 1.165) is 40.3 Å². The largest absolute Gasteiger partial charge is 0.309 e. The summed E-state index contributed by atoms with van der Waals surface area (Å²) in [5.41, 5.74) is 3.30. The van der Waals surface area contributed by atoms with Gasteiger partial charge in [0.15, 0.2) is 5.13 Å². The SMILES string of the molecule is CCc1ccc2nc(N(CCCN(C)C)C(=O)Cc3ccccc3)sc2c1. The van der Waals surface area contributed by atoms with Gasteiger partial charge < -0.3 is 4.90 Å². The first-order valence-corrected chi connectivity index (χ1v) is 10.3. The zero-order valence-electron chi connectivity index (χ0n) is 16.3. The Morgan fingerprint density at radius 1 is 1.04 bits per heavy atom. The van der Waals surface area contributed by atoms with Crippen molar-refractivity contribution in [2.24, 2.45) is 0 Å². The molecule has 0 bridgehead atoms. The zero-order valence-corrected chi connectivity index (χ0v) is 17.1. The average molecular weight is 382 g/mol. The van der Waals surface area contributed by atoms with Crippen molar-refractivity contribution in [3.8, 4) is 0 Å². The summed E-state index contributed by atoms with van der Waals surface area (Å²) in [4.78, 5) is 21.8. The van der Waals surface area contributed by atoms with Crippen LogP contribution in [-0.4, -0.2) is 43.0 Å². The van der Waals surface area contributed by atoms with Crippen LogP contribution in [0.4, 0.5) is 5.13 Å². The number of aromatic nitrogens is 1. The average Bonchev–Trinajstić information content (AvgIpc) is 3.08. The molecule has 3 aromatic rings. The molecule has 0 spiro atoms. The summed E-state index contributed by atoms with van der Waals surface area (Å²) in [6.07, 6.45) is 2.32. The lowest BCUT2D eigenvalue weighted by Crippen LogP contribution is -2.34. The molecule has 0 aliphatic carbocycles. The van der Waals surface area contributed by atoms with Gasteiger partial charge in [0.25, 0.3) is 0 Å². The minimum Gasteiger partial charge on any atom is -0.309 e. The lowest BCUT2D eigenvalue weighted by Gasteiger charge is -2.21. The summed E-state index contributed by atoms with van der Waals surface area (Å²) in [5, 5.41) is 0.804. The molecule has 0 unspecified atom stereocenters. The molecule has 4 nitrogen and oxygen atoms in total. The van der Waals surface area contributed by atoms with E-state index in [1.165, 1.54) is 5.56 Å². The summed E-state index contributed by atoms with van der Waals surface area (Å²) < 4.78 is 1.15. The maximum absolute atomic E-state index is 13.1. The van der Waals surface area contributed by atoms with Crippen LogP contribution in [0.5, 0.6) is 0 Å². The van der Waals surface area contributed by atoms with Gasteiger partial charge in [-0.2, -0.15) is 0 Å². The molecule has 142 valence electrons. The number of amides is 1. The van der Waals surface area contributed by atoms with Crippen LogP contribution in [-0.2, 0) is 17.6 Å². The highest BCUT2D eigenvalue weighted by atomic mass is 32.1. The molecular weight excluding hydrogens is 354 g/mol. The molecule has 5 heteroatoms. The van der Waals surface area contributed by atoms with Crippen molar-refractivity contribution in [3.05, 3.63) is 59.7 Å². The lowest BCUT2D eigenvalue weighted by atomic mass is 10.1. The monoisotopic (exact) mass is 381 g/mol. The van der Waals surface area contributed by atoms with Gasteiger partial charge in [-0.25, -0.2) is 4.98 Å². The molecule has 0 atom stereocenters. The van der Waals surface area contributed by atoms with E-state index in [-0.39, 0.29) is 5.91 Å². The Balaban J connectivity index is 1.85. The van der Waals surface area contributed by atoms with Crippen molar-refractivity contribution < 1.29 is 4.79 Å². The first-order chi connectivity index (χ1) is 13.1. The van der Waals surface area contributed by atoms with E-state index in [4.69, 9.17) is 4.98 Å². The highest BCUT2D eigenvalue weighted by Gasteiger charge is 2.20. The number of carbonyl (C=O) groups excluding carboxylic acids is 1. The summed E-state index contributed by atoms with van der Waals surface area (Å²) in [5.74, 6) is 0.106. The van der Waals surface area contributed by atoms with Gasteiger partial charge in [-0.1, -0.05) is 54.7 Å². The highest BCUT2D eigenvalue weighted by molar-refractivity contribution is 7.22. The molecule has 2 aromatic carbocycles. The molecule has 0 radical (unpaired) electrons. The second-order valence-electron chi connectivity index (χ2n) is 7.02. The van der Waals surface area contributed by atoms with E-state index in [1.54, 1.807) is 11.3 Å². The molecule has 3 rings (SSSR count). The Morgan fingerprint density at radius 2 is 1.81 bits per heavy atom. The first-order valence-electron chi connectivity index (χ1n) is 9.45. The lowest BCUT2D eigenvalue weighted by molar-refractivity contribution is -0.118. The van der Waals surface area contributed by atoms with Crippen molar-refractivity contribution in [3.63, 3.8) is 0 Å². The Morgan fingerprint density at radius 3 is 2.52 bits per heavy atom. The minimum atomic E-state index is 0.106. The Labute approximate surface area is 165 Å². The number of nitrogens with zero attached hydrogens (tertiary/aromatic N) is 3. The standard InChI is InChI=1S/C22H27N3OS/c1-4-17-11-12-19-20(15-17)27-22(23-19)25(14-8-13-24(2)3)21(26)16-18-9-6-5-7-10-18/h5-7,9-12,15H,4,8,13-14,16H2,1-3H3. The molecule has 1 amide bonds. The van der Waals surface area contributed by atoms with Crippen molar-refractivity contribution in [2.45, 2.75) is 26.2 Å². The Hall–Kier alpha value is -2.24. The molecular formula is C22H27N3OS. The van der Waals surface area contributed by atoms with Gasteiger partial charge >= 0.3 is 0 Å². The topological polar surface area (TPSA) is 36.4 Å². The van der Waals surface area contributed by atoms with Crippen LogP contribution in [0.2, 0.25) is 0 Å². The Kier molecular flexibility index (Phi) is 6.58. The van der Waals surface area contributed by atoms with Gasteiger partial charge in [-0.3, -0.25) is 9.69 Å². The van der Waals surface area contributed by atoms with Crippen molar-refractivity contribution in [1.82, 2.24) is 9.88 Å². The normalized spacial score (nSPS) is 11.3. The quantitative estimate of drug-likeness (QED) is 0.581. The second kappa shape index (κ2) is 9.11. The summed E-state index contributed by atoms with van der Waals surface area (Å²) in [6.45, 7) is 3.78. The van der Waals surface area contributed by atoms with E-state index in [1.807, 2.05) is 35.2 Å². The molecule has 27 heavy (non-hydrogen) atoms. The van der Waals surface area contributed by atoms with Crippen LogP contribution in [0.1, 0.15) is 24.5 Å². The molecule has 0 N–H and O–H groups in total. The van der Waals surface area contributed by atoms with Crippen LogP contribution >= 0.6 is 11.3 Å². The molecule has 0 aliphatic heterocycles. The van der Waals surface area contributed by atoms with Gasteiger partial charge in [0.2, 0.25) is 5.91 Å². The van der Waals surface area contributed by atoms with Crippen LogP contribution in [0, 0.1) is 0 Å². The van der Waals surface area contributed by atoms with E-state index in [0.29, 0.717) is 13.0 Å². The molecule has 0 aliphatic rings. The number of rotatable bonds is 8. The van der Waals surface area contributed by atoms with Crippen LogP contribution < -0.4 is 4.90 Å². The highest BCUT2D eigenvalue weighted by Crippen LogP contribution is 2.30. The third kappa shape index (κ3) is 5.15. The number of aryl methyl sites for hydroxylation is 1. The van der Waals surface area contributed by atoms with Gasteiger partial charge in [0.05, 0.1) is 16.6 Å². The van der Waals surface area contributed by atoms with Gasteiger partial charge in [0.1, 0.15) is 0 Å². The number of thiazole rings is 1. The maximum atomic E-state index is 13.1. The fourth-order valence-corrected chi connectivity index (χ4v) is 4.10. The van der Waals surface area contributed by atoms with E-state index in [9.17, 15) is 4.79 Å². The van der Waals surface area contributed by atoms with E-state index < -0.39 is 0 Å². The first kappa shape index (κ1) is 19.5. The predicted octanol–water partition coefficient (Wildman–Crippen LogP) is 4.39. The second-order valence-corrected chi connectivity index (χ2v) is 8.03. The fourth-order valence-electron chi connectivity index (χ4n) is 3.03. The van der Waals surface area contributed by atoms with Crippen LogP contribution in [0.3, 0.4) is 0 Å². The summed E-state index contributed by atoms with van der Waals surface area (Å²) >= 11 is 1.61. The molecule has 1 heterocycles. The summed E-state index contributed by atoms with van der Waals surface area (Å²) in [6, 6.07) is 16.3. The zero-order chi connectivity index (χ0) is 19.2. The number of hydrogen-bond acceptors (Lipinski definition) is 4. The molecule has 0 fully saturated rings. The van der Waals surface area contributed by atoms with Gasteiger partial charge in [-0.05, 0) is 56.7 Å². The van der Waals surface area contributed by atoms with Crippen LogP contribution in [0.25, 0.3) is 10.2 Å². The predicted molar refractivity (Wildman–Crippen MR) is 115 cm³/mol. The third-order valence-electron chi connectivity index (χ3n) is 4.57. The van der Waals surface area contributed by atoms with E-state index in [2.05, 4.69) is 44.1 Å². The number of fused-ring (bicyclic) bond motifs is 1. The van der Waals surface area contributed by atoms with Crippen molar-refractivity contribution >= 4 is 32.6 Å². The van der Waals surface area contributed by atoms with Crippen molar-refractivity contribution in [1.29, 1.82) is 0 Å². The smallest absolute Gasteiger partial charge is 0.233 e. The number of anilines is 1. The third-order valence-corrected chi connectivity index (χ3v) is 5.61. The van der Waals surface area contributed by atoms with Crippen molar-refractivity contribution in [2.75, 3.05) is 32.1 Å².